The summed E-state index contributed by atoms with van der Waals surface area (Å²) in [7, 11) is 0. The largest absolute Gasteiger partial charge is 0.471 e. The Bertz CT molecular complexity index is 431. The van der Waals surface area contributed by atoms with E-state index in [2.05, 4.69) is 0 Å². The SMILES string of the molecule is NC(=O)c1cccc2cocc12. The summed E-state index contributed by atoms with van der Waals surface area (Å²) < 4.78 is 4.95. The van der Waals surface area contributed by atoms with Crippen molar-refractivity contribution in [3.05, 3.63) is 36.3 Å². The molecule has 12 heavy (non-hydrogen) atoms. The molecule has 0 fully saturated rings. The van der Waals surface area contributed by atoms with Gasteiger partial charge in [0.05, 0.1) is 18.1 Å². The molecule has 2 rings (SSSR count). The number of hydrogen-bond donors (Lipinski definition) is 1. The van der Waals surface area contributed by atoms with Crippen LogP contribution in [0, 0.1) is 0 Å². The van der Waals surface area contributed by atoms with E-state index in [1.165, 1.54) is 6.26 Å². The number of primary amides is 1. The molecule has 1 aromatic carbocycles. The van der Waals surface area contributed by atoms with E-state index >= 15 is 0 Å². The molecule has 0 saturated heterocycles. The first kappa shape index (κ1) is 6.91. The van der Waals surface area contributed by atoms with Gasteiger partial charge in [-0.1, -0.05) is 12.1 Å². The Labute approximate surface area is 68.8 Å². The van der Waals surface area contributed by atoms with E-state index in [1.54, 1.807) is 18.4 Å². The van der Waals surface area contributed by atoms with E-state index in [4.69, 9.17) is 10.2 Å². The molecule has 0 aliphatic heterocycles. The molecule has 2 N–H and O–H groups in total. The molecular formula is C9H7NO2. The van der Waals surface area contributed by atoms with Crippen LogP contribution < -0.4 is 5.73 Å². The van der Waals surface area contributed by atoms with Crippen LogP contribution in [0.4, 0.5) is 0 Å². The number of furan rings is 1. The molecule has 0 atom stereocenters. The van der Waals surface area contributed by atoms with Gasteiger partial charge < -0.3 is 10.2 Å². The van der Waals surface area contributed by atoms with E-state index in [9.17, 15) is 4.79 Å². The first-order chi connectivity index (χ1) is 5.79. The van der Waals surface area contributed by atoms with E-state index in [-0.39, 0.29) is 0 Å². The second kappa shape index (κ2) is 2.37. The third kappa shape index (κ3) is 0.871. The smallest absolute Gasteiger partial charge is 0.249 e. The summed E-state index contributed by atoms with van der Waals surface area (Å²) in [5, 5.41) is 1.66. The second-order valence-corrected chi connectivity index (χ2v) is 2.54. The van der Waals surface area contributed by atoms with E-state index in [1.807, 2.05) is 6.07 Å². The third-order valence-corrected chi connectivity index (χ3v) is 1.79. The Kier molecular flexibility index (Phi) is 1.37. The van der Waals surface area contributed by atoms with Gasteiger partial charge in [-0.3, -0.25) is 4.79 Å². The summed E-state index contributed by atoms with van der Waals surface area (Å²) in [5.41, 5.74) is 5.66. The Balaban J connectivity index is 2.82. The minimum Gasteiger partial charge on any atom is -0.471 e. The first-order valence-corrected chi connectivity index (χ1v) is 3.54. The molecule has 0 bridgehead atoms. The molecule has 3 nitrogen and oxygen atoms in total. The summed E-state index contributed by atoms with van der Waals surface area (Å²) in [5.74, 6) is -0.429. The predicted molar refractivity (Wildman–Crippen MR) is 44.7 cm³/mol. The fraction of sp³-hybridized carbons (Fsp3) is 0. The molecule has 1 aromatic heterocycles. The van der Waals surface area contributed by atoms with Crippen molar-refractivity contribution < 1.29 is 9.21 Å². The van der Waals surface area contributed by atoms with E-state index in [0.717, 1.165) is 10.8 Å². The third-order valence-electron chi connectivity index (χ3n) is 1.79. The maximum atomic E-state index is 10.9. The highest BCUT2D eigenvalue weighted by molar-refractivity contribution is 6.05. The minimum atomic E-state index is -0.429. The Morgan fingerprint density at radius 1 is 1.33 bits per heavy atom. The zero-order valence-corrected chi connectivity index (χ0v) is 6.28. The van der Waals surface area contributed by atoms with Crippen LogP contribution in [-0.2, 0) is 0 Å². The number of carbonyl (C=O) groups excluding carboxylic acids is 1. The molecule has 1 heterocycles. The fourth-order valence-electron chi connectivity index (χ4n) is 1.21. The molecule has 1 amide bonds. The van der Waals surface area contributed by atoms with Gasteiger partial charge >= 0.3 is 0 Å². The Hall–Kier alpha value is -1.77. The normalized spacial score (nSPS) is 10.3. The lowest BCUT2D eigenvalue weighted by atomic mass is 10.1. The van der Waals surface area contributed by atoms with E-state index in [0.29, 0.717) is 5.56 Å². The van der Waals surface area contributed by atoms with Gasteiger partial charge in [0, 0.05) is 10.8 Å². The van der Waals surface area contributed by atoms with Gasteiger partial charge in [-0.15, -0.1) is 0 Å². The van der Waals surface area contributed by atoms with Crippen molar-refractivity contribution >= 4 is 16.7 Å². The highest BCUT2D eigenvalue weighted by Crippen LogP contribution is 2.18. The lowest BCUT2D eigenvalue weighted by Crippen LogP contribution is -2.10. The van der Waals surface area contributed by atoms with Crippen molar-refractivity contribution in [1.82, 2.24) is 0 Å². The molecule has 0 spiro atoms. The summed E-state index contributed by atoms with van der Waals surface area (Å²) >= 11 is 0. The second-order valence-electron chi connectivity index (χ2n) is 2.54. The monoisotopic (exact) mass is 161 g/mol. The van der Waals surface area contributed by atoms with Gasteiger partial charge in [0.15, 0.2) is 0 Å². The summed E-state index contributed by atoms with van der Waals surface area (Å²) in [4.78, 5) is 10.9. The average molecular weight is 161 g/mol. The highest BCUT2D eigenvalue weighted by atomic mass is 16.3. The lowest BCUT2D eigenvalue weighted by molar-refractivity contribution is 0.100. The van der Waals surface area contributed by atoms with Gasteiger partial charge in [-0.05, 0) is 6.07 Å². The number of hydrogen-bond acceptors (Lipinski definition) is 2. The molecule has 3 heteroatoms. The highest BCUT2D eigenvalue weighted by Gasteiger charge is 2.06. The molecule has 0 unspecified atom stereocenters. The maximum absolute atomic E-state index is 10.9. The number of fused-ring (bicyclic) bond motifs is 1. The number of nitrogens with two attached hydrogens (primary N) is 1. The van der Waals surface area contributed by atoms with Crippen LogP contribution in [0.1, 0.15) is 10.4 Å². The molecule has 60 valence electrons. The zero-order valence-electron chi connectivity index (χ0n) is 6.28. The van der Waals surface area contributed by atoms with Gasteiger partial charge in [-0.25, -0.2) is 0 Å². The minimum absolute atomic E-state index is 0.429. The first-order valence-electron chi connectivity index (χ1n) is 3.54. The number of amides is 1. The summed E-state index contributed by atoms with van der Waals surface area (Å²) in [6.45, 7) is 0. The van der Waals surface area contributed by atoms with Crippen molar-refractivity contribution in [1.29, 1.82) is 0 Å². The lowest BCUT2D eigenvalue weighted by Gasteiger charge is -1.94. The molecule has 0 saturated carbocycles. The maximum Gasteiger partial charge on any atom is 0.249 e. The Morgan fingerprint density at radius 3 is 2.92 bits per heavy atom. The van der Waals surface area contributed by atoms with Gasteiger partial charge in [0.1, 0.15) is 0 Å². The van der Waals surface area contributed by atoms with Crippen LogP contribution in [0.25, 0.3) is 10.8 Å². The van der Waals surface area contributed by atoms with E-state index < -0.39 is 5.91 Å². The van der Waals surface area contributed by atoms with Gasteiger partial charge in [0.2, 0.25) is 5.91 Å². The van der Waals surface area contributed by atoms with Crippen LogP contribution in [0.2, 0.25) is 0 Å². The predicted octanol–water partition coefficient (Wildman–Crippen LogP) is 1.53. The number of rotatable bonds is 1. The standard InChI is InChI=1S/C9H7NO2/c10-9(11)7-3-1-2-6-4-12-5-8(6)7/h1-5H,(H2,10,11). The molecule has 0 radical (unpaired) electrons. The average Bonchev–Trinajstić information content (AvgIpc) is 2.49. The van der Waals surface area contributed by atoms with Crippen molar-refractivity contribution in [2.24, 2.45) is 5.73 Å². The number of benzene rings is 1. The number of carbonyl (C=O) groups is 1. The summed E-state index contributed by atoms with van der Waals surface area (Å²) in [6.07, 6.45) is 3.11. The fourth-order valence-corrected chi connectivity index (χ4v) is 1.21. The van der Waals surface area contributed by atoms with Crippen molar-refractivity contribution in [2.75, 3.05) is 0 Å². The van der Waals surface area contributed by atoms with Crippen LogP contribution in [0.3, 0.4) is 0 Å². The molecule has 0 aliphatic carbocycles. The Morgan fingerprint density at radius 2 is 2.17 bits per heavy atom. The van der Waals surface area contributed by atoms with Crippen LogP contribution in [-0.4, -0.2) is 5.91 Å². The van der Waals surface area contributed by atoms with Gasteiger partial charge in [-0.2, -0.15) is 0 Å². The van der Waals surface area contributed by atoms with Crippen LogP contribution in [0.15, 0.2) is 35.1 Å². The molecule has 2 aromatic rings. The van der Waals surface area contributed by atoms with Crippen molar-refractivity contribution in [2.45, 2.75) is 0 Å². The summed E-state index contributed by atoms with van der Waals surface area (Å²) in [6, 6.07) is 5.32. The zero-order chi connectivity index (χ0) is 8.55. The molecular weight excluding hydrogens is 154 g/mol. The van der Waals surface area contributed by atoms with Gasteiger partial charge in [0.25, 0.3) is 0 Å². The quantitative estimate of drug-likeness (QED) is 0.689. The topological polar surface area (TPSA) is 56.2 Å². The van der Waals surface area contributed by atoms with Crippen LogP contribution in [0.5, 0.6) is 0 Å². The molecule has 0 aliphatic rings. The van der Waals surface area contributed by atoms with Crippen molar-refractivity contribution in [3.8, 4) is 0 Å². The van der Waals surface area contributed by atoms with Crippen molar-refractivity contribution in [3.63, 3.8) is 0 Å². The van der Waals surface area contributed by atoms with Crippen LogP contribution >= 0.6 is 0 Å².